The molecule has 1 aromatic heterocycles. The number of hydrogen-bond acceptors (Lipinski definition) is 3. The highest BCUT2D eigenvalue weighted by Gasteiger charge is 2.40. The summed E-state index contributed by atoms with van der Waals surface area (Å²) in [6, 6.07) is 7.67. The van der Waals surface area contributed by atoms with Gasteiger partial charge in [0, 0.05) is 30.2 Å². The Kier molecular flexibility index (Phi) is 3.15. The summed E-state index contributed by atoms with van der Waals surface area (Å²) in [5.74, 6) is 0. The van der Waals surface area contributed by atoms with E-state index in [0.717, 1.165) is 35.8 Å². The number of likely N-dealkylation sites (tertiary alicyclic amines) is 1. The molecule has 0 saturated carbocycles. The van der Waals surface area contributed by atoms with Gasteiger partial charge in [0.1, 0.15) is 0 Å². The van der Waals surface area contributed by atoms with Crippen LogP contribution in [0.5, 0.6) is 0 Å². The highest BCUT2D eigenvalue weighted by molar-refractivity contribution is 5.84. The molecular weight excluding hydrogens is 252 g/mol. The van der Waals surface area contributed by atoms with Crippen molar-refractivity contribution in [3.05, 3.63) is 46.4 Å². The lowest BCUT2D eigenvalue weighted by Crippen LogP contribution is -2.44. The molecule has 3 rings (SSSR count). The van der Waals surface area contributed by atoms with Crippen LogP contribution in [0, 0.1) is 0 Å². The minimum atomic E-state index is -0.295. The molecule has 0 spiro atoms. The number of aromatic nitrogens is 1. The highest BCUT2D eigenvalue weighted by atomic mass is 16.3. The number of H-pyrrole nitrogens is 1. The van der Waals surface area contributed by atoms with Gasteiger partial charge in [0.2, 0.25) is 0 Å². The predicted octanol–water partition coefficient (Wildman–Crippen LogP) is 1.87. The molecule has 1 fully saturated rings. The second-order valence-corrected chi connectivity index (χ2v) is 6.07. The molecule has 0 bridgehead atoms. The number of rotatable bonds is 2. The Morgan fingerprint density at radius 3 is 2.70 bits per heavy atom. The van der Waals surface area contributed by atoms with E-state index in [1.54, 1.807) is 6.20 Å². The monoisotopic (exact) mass is 272 g/mol. The summed E-state index contributed by atoms with van der Waals surface area (Å²) in [6.45, 7) is 5.75. The fourth-order valence-corrected chi connectivity index (χ4v) is 3.02. The van der Waals surface area contributed by atoms with Crippen molar-refractivity contribution in [2.45, 2.75) is 38.5 Å². The molecule has 0 amide bonds. The van der Waals surface area contributed by atoms with Crippen LogP contribution in [0.25, 0.3) is 10.8 Å². The molecule has 20 heavy (non-hydrogen) atoms. The van der Waals surface area contributed by atoms with Crippen LogP contribution in [0.1, 0.15) is 25.8 Å². The van der Waals surface area contributed by atoms with Crippen LogP contribution < -0.4 is 5.56 Å². The van der Waals surface area contributed by atoms with Crippen molar-refractivity contribution >= 4 is 10.8 Å². The molecule has 2 heterocycles. The van der Waals surface area contributed by atoms with Crippen LogP contribution >= 0.6 is 0 Å². The van der Waals surface area contributed by atoms with E-state index in [1.807, 2.05) is 24.3 Å². The lowest BCUT2D eigenvalue weighted by atomic mass is 9.98. The zero-order valence-electron chi connectivity index (χ0n) is 11.9. The quantitative estimate of drug-likeness (QED) is 0.877. The SMILES string of the molecule is CC1(C)C(O)CCN1Cc1c[nH]c(=O)c2ccccc12. The minimum absolute atomic E-state index is 0.0509. The van der Waals surface area contributed by atoms with Crippen molar-refractivity contribution in [2.24, 2.45) is 0 Å². The van der Waals surface area contributed by atoms with Gasteiger partial charge < -0.3 is 10.1 Å². The van der Waals surface area contributed by atoms with Crippen molar-refractivity contribution in [3.8, 4) is 0 Å². The van der Waals surface area contributed by atoms with Crippen molar-refractivity contribution in [1.82, 2.24) is 9.88 Å². The minimum Gasteiger partial charge on any atom is -0.391 e. The number of aliphatic hydroxyl groups is 1. The molecule has 2 aromatic rings. The number of fused-ring (bicyclic) bond motifs is 1. The van der Waals surface area contributed by atoms with Gasteiger partial charge in [-0.3, -0.25) is 9.69 Å². The molecule has 0 aliphatic carbocycles. The fraction of sp³-hybridized carbons (Fsp3) is 0.438. The summed E-state index contributed by atoms with van der Waals surface area (Å²) in [5.41, 5.74) is 0.824. The maximum atomic E-state index is 11.8. The third kappa shape index (κ3) is 2.05. The topological polar surface area (TPSA) is 56.3 Å². The summed E-state index contributed by atoms with van der Waals surface area (Å²) < 4.78 is 0. The average molecular weight is 272 g/mol. The zero-order chi connectivity index (χ0) is 14.3. The predicted molar refractivity (Wildman–Crippen MR) is 79.7 cm³/mol. The van der Waals surface area contributed by atoms with E-state index in [4.69, 9.17) is 0 Å². The lowest BCUT2D eigenvalue weighted by molar-refractivity contribution is 0.0508. The van der Waals surface area contributed by atoms with Gasteiger partial charge in [-0.1, -0.05) is 18.2 Å². The van der Waals surface area contributed by atoms with Crippen LogP contribution in [0.15, 0.2) is 35.3 Å². The molecular formula is C16H20N2O2. The third-order valence-corrected chi connectivity index (χ3v) is 4.56. The van der Waals surface area contributed by atoms with Gasteiger partial charge in [-0.25, -0.2) is 0 Å². The number of aromatic amines is 1. The van der Waals surface area contributed by atoms with Crippen LogP contribution in [0.2, 0.25) is 0 Å². The summed E-state index contributed by atoms with van der Waals surface area (Å²) in [6.07, 6.45) is 2.30. The van der Waals surface area contributed by atoms with E-state index in [9.17, 15) is 9.90 Å². The van der Waals surface area contributed by atoms with Crippen LogP contribution in [0.4, 0.5) is 0 Å². The van der Waals surface area contributed by atoms with Crippen LogP contribution in [-0.4, -0.2) is 33.2 Å². The Labute approximate surface area is 118 Å². The van der Waals surface area contributed by atoms with E-state index in [0.29, 0.717) is 0 Å². The molecule has 1 unspecified atom stereocenters. The van der Waals surface area contributed by atoms with E-state index in [-0.39, 0.29) is 17.2 Å². The van der Waals surface area contributed by atoms with Crippen LogP contribution in [-0.2, 0) is 6.54 Å². The average Bonchev–Trinajstić information content (AvgIpc) is 2.69. The van der Waals surface area contributed by atoms with Gasteiger partial charge in [-0.15, -0.1) is 0 Å². The first kappa shape index (κ1) is 13.3. The second kappa shape index (κ2) is 4.72. The smallest absolute Gasteiger partial charge is 0.255 e. The van der Waals surface area contributed by atoms with Crippen molar-refractivity contribution in [2.75, 3.05) is 6.54 Å². The molecule has 4 heteroatoms. The number of nitrogens with one attached hydrogen (secondary N) is 1. The molecule has 106 valence electrons. The van der Waals surface area contributed by atoms with Gasteiger partial charge in [-0.05, 0) is 37.3 Å². The Bertz CT molecular complexity index is 690. The largest absolute Gasteiger partial charge is 0.391 e. The summed E-state index contributed by atoms with van der Waals surface area (Å²) >= 11 is 0. The molecule has 1 atom stereocenters. The van der Waals surface area contributed by atoms with Crippen molar-refractivity contribution in [1.29, 1.82) is 0 Å². The number of benzene rings is 1. The molecule has 1 aromatic carbocycles. The molecule has 4 nitrogen and oxygen atoms in total. The number of pyridine rings is 1. The van der Waals surface area contributed by atoms with Crippen molar-refractivity contribution < 1.29 is 5.11 Å². The zero-order valence-corrected chi connectivity index (χ0v) is 11.9. The van der Waals surface area contributed by atoms with Gasteiger partial charge in [-0.2, -0.15) is 0 Å². The third-order valence-electron chi connectivity index (χ3n) is 4.56. The number of nitrogens with zero attached hydrogens (tertiary/aromatic N) is 1. The highest BCUT2D eigenvalue weighted by Crippen LogP contribution is 2.31. The Balaban J connectivity index is 2.00. The van der Waals surface area contributed by atoms with Gasteiger partial charge in [0.05, 0.1) is 6.10 Å². The van der Waals surface area contributed by atoms with Gasteiger partial charge in [0.15, 0.2) is 0 Å². The summed E-state index contributed by atoms with van der Waals surface area (Å²) in [7, 11) is 0. The molecule has 2 N–H and O–H groups in total. The van der Waals surface area contributed by atoms with E-state index < -0.39 is 0 Å². The van der Waals surface area contributed by atoms with Gasteiger partial charge in [0.25, 0.3) is 5.56 Å². The molecule has 1 saturated heterocycles. The molecule has 1 aliphatic heterocycles. The first-order valence-electron chi connectivity index (χ1n) is 7.02. The molecule has 1 aliphatic rings. The first-order valence-corrected chi connectivity index (χ1v) is 7.02. The Hall–Kier alpha value is -1.65. The Morgan fingerprint density at radius 2 is 2.05 bits per heavy atom. The fourth-order valence-electron chi connectivity index (χ4n) is 3.02. The van der Waals surface area contributed by atoms with E-state index in [1.165, 1.54) is 0 Å². The maximum Gasteiger partial charge on any atom is 0.255 e. The lowest BCUT2D eigenvalue weighted by Gasteiger charge is -2.34. The van der Waals surface area contributed by atoms with Crippen molar-refractivity contribution in [3.63, 3.8) is 0 Å². The van der Waals surface area contributed by atoms with Gasteiger partial charge >= 0.3 is 0 Å². The van der Waals surface area contributed by atoms with E-state index >= 15 is 0 Å². The standard InChI is InChI=1S/C16H20N2O2/c1-16(2)14(19)7-8-18(16)10-11-9-17-15(20)13-6-4-3-5-12(11)13/h3-6,9,14,19H,7-8,10H2,1-2H3,(H,17,20). The second-order valence-electron chi connectivity index (χ2n) is 6.07. The normalized spacial score (nSPS) is 22.4. The van der Waals surface area contributed by atoms with Crippen LogP contribution in [0.3, 0.4) is 0 Å². The maximum absolute atomic E-state index is 11.8. The number of hydrogen-bond donors (Lipinski definition) is 2. The number of aliphatic hydroxyl groups excluding tert-OH is 1. The van der Waals surface area contributed by atoms with E-state index in [2.05, 4.69) is 23.7 Å². The summed E-state index contributed by atoms with van der Waals surface area (Å²) in [5, 5.41) is 11.8. The first-order chi connectivity index (χ1) is 9.50. The Morgan fingerprint density at radius 1 is 1.35 bits per heavy atom. The molecule has 0 radical (unpaired) electrons. The summed E-state index contributed by atoms with van der Waals surface area (Å²) in [4.78, 5) is 16.9.